The Morgan fingerprint density at radius 2 is 1.91 bits per heavy atom. The zero-order valence-corrected chi connectivity index (χ0v) is 19.8. The van der Waals surface area contributed by atoms with Crippen LogP contribution in [0.1, 0.15) is 24.4 Å². The number of nitrogens with zero attached hydrogens (tertiary/aromatic N) is 4. The van der Waals surface area contributed by atoms with Gasteiger partial charge in [0.15, 0.2) is 0 Å². The molecule has 2 aromatic heterocycles. The molecule has 1 aliphatic rings. The number of anilines is 2. The lowest BCUT2D eigenvalue weighted by atomic mass is 10.0. The molecule has 2 aromatic carbocycles. The number of hydrogen-bond acceptors (Lipinski definition) is 7. The van der Waals surface area contributed by atoms with Gasteiger partial charge in [0.1, 0.15) is 16.5 Å². The van der Waals surface area contributed by atoms with Gasteiger partial charge in [0, 0.05) is 28.9 Å². The summed E-state index contributed by atoms with van der Waals surface area (Å²) in [7, 11) is -0.503. The minimum atomic E-state index is -2.63. The van der Waals surface area contributed by atoms with E-state index in [2.05, 4.69) is 27.3 Å². The third kappa shape index (κ3) is 4.62. The molecule has 176 valence electrons. The highest BCUT2D eigenvalue weighted by Crippen LogP contribution is 2.35. The molecule has 0 spiro atoms. The Morgan fingerprint density at radius 3 is 2.68 bits per heavy atom. The first-order chi connectivity index (χ1) is 16.5. The van der Waals surface area contributed by atoms with Gasteiger partial charge in [-0.05, 0) is 56.7 Å². The van der Waals surface area contributed by atoms with Gasteiger partial charge in [-0.15, -0.1) is 0 Å². The number of phenolic OH excluding ortho intramolecular Hbond substituents is 1. The van der Waals surface area contributed by atoms with Gasteiger partial charge in [-0.3, -0.25) is 9.67 Å². The number of aromatic nitrogens is 3. The summed E-state index contributed by atoms with van der Waals surface area (Å²) in [4.78, 5) is 6.80. The van der Waals surface area contributed by atoms with Crippen molar-refractivity contribution in [1.82, 2.24) is 19.7 Å². The van der Waals surface area contributed by atoms with Crippen molar-refractivity contribution in [2.24, 2.45) is 0 Å². The molecule has 1 fully saturated rings. The third-order valence-corrected chi connectivity index (χ3v) is 6.99. The smallest absolute Gasteiger partial charge is 0.144 e. The van der Waals surface area contributed by atoms with Crippen LogP contribution in [0.25, 0.3) is 22.0 Å². The molecule has 0 bridgehead atoms. The van der Waals surface area contributed by atoms with Crippen LogP contribution in [0.15, 0.2) is 61.1 Å². The van der Waals surface area contributed by atoms with E-state index in [0.29, 0.717) is 22.9 Å². The standard InChI is InChI=1S/C25H27N5O3S/c1-29-10-8-20(9-11-29)30-15-19(14-27-30)28-25-18(16-34(32)33)13-26-23-7-6-17(12-22(23)25)21-4-2-3-5-24(21)31/h2-7,12-15,20,31,34H,8-11,16H2,1H3,(H,26,28). The Balaban J connectivity index is 1.55. The molecule has 5 rings (SSSR count). The van der Waals surface area contributed by atoms with Gasteiger partial charge in [-0.2, -0.15) is 5.10 Å². The zero-order chi connectivity index (χ0) is 23.7. The summed E-state index contributed by atoms with van der Waals surface area (Å²) in [5.74, 6) is 0.0624. The van der Waals surface area contributed by atoms with E-state index >= 15 is 0 Å². The lowest BCUT2D eigenvalue weighted by Gasteiger charge is -2.28. The van der Waals surface area contributed by atoms with E-state index in [4.69, 9.17) is 0 Å². The second-order valence-electron chi connectivity index (χ2n) is 8.77. The lowest BCUT2D eigenvalue weighted by molar-refractivity contribution is 0.212. The molecule has 0 unspecified atom stereocenters. The number of phenols is 1. The van der Waals surface area contributed by atoms with Crippen LogP contribution >= 0.6 is 0 Å². The van der Waals surface area contributed by atoms with E-state index in [1.165, 1.54) is 0 Å². The van der Waals surface area contributed by atoms with Gasteiger partial charge in [0.25, 0.3) is 0 Å². The summed E-state index contributed by atoms with van der Waals surface area (Å²) in [6.07, 6.45) is 7.45. The topological polar surface area (TPSA) is 100 Å². The predicted molar refractivity (Wildman–Crippen MR) is 134 cm³/mol. The van der Waals surface area contributed by atoms with Crippen LogP contribution < -0.4 is 5.32 Å². The molecule has 1 saturated heterocycles. The first-order valence-corrected chi connectivity index (χ1v) is 12.7. The fourth-order valence-corrected chi connectivity index (χ4v) is 5.05. The van der Waals surface area contributed by atoms with Crippen molar-refractivity contribution in [3.63, 3.8) is 0 Å². The number of hydrogen-bond donors (Lipinski definition) is 3. The number of para-hydroxylation sites is 1. The molecule has 8 nitrogen and oxygen atoms in total. The fourth-order valence-electron chi connectivity index (χ4n) is 4.53. The fraction of sp³-hybridized carbons (Fsp3) is 0.280. The van der Waals surface area contributed by atoms with Gasteiger partial charge in [0.2, 0.25) is 0 Å². The van der Waals surface area contributed by atoms with Crippen LogP contribution in [0.5, 0.6) is 5.75 Å². The van der Waals surface area contributed by atoms with Gasteiger partial charge in [-0.25, -0.2) is 8.42 Å². The molecular formula is C25H27N5O3S. The number of likely N-dealkylation sites (tertiary alicyclic amines) is 1. The van der Waals surface area contributed by atoms with Gasteiger partial charge < -0.3 is 15.3 Å². The summed E-state index contributed by atoms with van der Waals surface area (Å²) in [6.45, 7) is 2.08. The van der Waals surface area contributed by atoms with E-state index in [1.807, 2.05) is 41.2 Å². The predicted octanol–water partition coefficient (Wildman–Crippen LogP) is 3.93. The molecule has 3 heterocycles. The van der Waals surface area contributed by atoms with Crippen LogP contribution in [-0.4, -0.2) is 53.3 Å². The Morgan fingerprint density at radius 1 is 1.12 bits per heavy atom. The SMILES string of the molecule is CN1CCC(n2cc(Nc3c(C[SH](=O)=O)cnc4ccc(-c5ccccc5O)cc34)cn2)CC1. The largest absolute Gasteiger partial charge is 0.507 e. The Kier molecular flexibility index (Phi) is 6.21. The highest BCUT2D eigenvalue weighted by atomic mass is 32.2. The first kappa shape index (κ1) is 22.4. The normalized spacial score (nSPS) is 15.2. The summed E-state index contributed by atoms with van der Waals surface area (Å²) >= 11 is 0. The summed E-state index contributed by atoms with van der Waals surface area (Å²) in [6, 6.07) is 13.2. The number of aromatic hydroxyl groups is 1. The van der Waals surface area contributed by atoms with Crippen molar-refractivity contribution in [3.8, 4) is 16.9 Å². The first-order valence-electron chi connectivity index (χ1n) is 11.3. The van der Waals surface area contributed by atoms with Crippen molar-refractivity contribution in [2.75, 3.05) is 25.5 Å². The van der Waals surface area contributed by atoms with Gasteiger partial charge in [0.05, 0.1) is 34.9 Å². The maximum absolute atomic E-state index is 11.6. The van der Waals surface area contributed by atoms with E-state index in [-0.39, 0.29) is 11.5 Å². The second kappa shape index (κ2) is 9.44. The van der Waals surface area contributed by atoms with Crippen LogP contribution in [-0.2, 0) is 16.5 Å². The number of nitrogens with one attached hydrogen (secondary N) is 1. The van der Waals surface area contributed by atoms with E-state index in [9.17, 15) is 13.5 Å². The molecule has 1 aliphatic heterocycles. The monoisotopic (exact) mass is 477 g/mol. The summed E-state index contributed by atoms with van der Waals surface area (Å²) < 4.78 is 25.2. The zero-order valence-electron chi connectivity index (χ0n) is 18.9. The van der Waals surface area contributed by atoms with Crippen LogP contribution in [0.3, 0.4) is 0 Å². The maximum atomic E-state index is 11.6. The highest BCUT2D eigenvalue weighted by molar-refractivity contribution is 7.71. The Labute approximate surface area is 199 Å². The highest BCUT2D eigenvalue weighted by Gasteiger charge is 2.19. The third-order valence-electron chi connectivity index (χ3n) is 6.39. The second-order valence-corrected chi connectivity index (χ2v) is 9.75. The summed E-state index contributed by atoms with van der Waals surface area (Å²) in [5, 5.41) is 19.1. The molecule has 0 amide bonds. The quantitative estimate of drug-likeness (QED) is 0.362. The van der Waals surface area contributed by atoms with Crippen LogP contribution in [0, 0.1) is 0 Å². The molecule has 0 atom stereocenters. The lowest BCUT2D eigenvalue weighted by Crippen LogP contribution is -2.31. The number of pyridine rings is 1. The number of benzene rings is 2. The number of rotatable bonds is 6. The molecule has 2 N–H and O–H groups in total. The average Bonchev–Trinajstić information content (AvgIpc) is 3.29. The van der Waals surface area contributed by atoms with E-state index < -0.39 is 10.7 Å². The summed E-state index contributed by atoms with van der Waals surface area (Å²) in [5.41, 5.74) is 4.32. The van der Waals surface area contributed by atoms with Crippen molar-refractivity contribution in [1.29, 1.82) is 0 Å². The number of thiol groups is 1. The molecule has 0 radical (unpaired) electrons. The number of piperidine rings is 1. The van der Waals surface area contributed by atoms with Crippen LogP contribution in [0.2, 0.25) is 0 Å². The molecule has 4 aromatic rings. The minimum absolute atomic E-state index is 0.121. The Hall–Kier alpha value is -3.43. The van der Waals surface area contributed by atoms with Crippen molar-refractivity contribution < 1.29 is 13.5 Å². The average molecular weight is 478 g/mol. The molecule has 9 heteroatoms. The Bertz CT molecular complexity index is 1400. The van der Waals surface area contributed by atoms with Crippen molar-refractivity contribution in [2.45, 2.75) is 24.6 Å². The van der Waals surface area contributed by atoms with Crippen molar-refractivity contribution >= 4 is 33.0 Å². The van der Waals surface area contributed by atoms with Crippen LogP contribution in [0.4, 0.5) is 11.4 Å². The minimum Gasteiger partial charge on any atom is -0.507 e. The molecule has 0 aliphatic carbocycles. The van der Waals surface area contributed by atoms with Gasteiger partial charge in [-0.1, -0.05) is 24.3 Å². The van der Waals surface area contributed by atoms with E-state index in [1.54, 1.807) is 24.5 Å². The maximum Gasteiger partial charge on any atom is 0.144 e. The van der Waals surface area contributed by atoms with E-state index in [0.717, 1.165) is 48.1 Å². The molecular weight excluding hydrogens is 450 g/mol. The van der Waals surface area contributed by atoms with Gasteiger partial charge >= 0.3 is 0 Å². The molecule has 0 saturated carbocycles. The number of fused-ring (bicyclic) bond motifs is 1. The molecule has 34 heavy (non-hydrogen) atoms. The van der Waals surface area contributed by atoms with Crippen molar-refractivity contribution in [3.05, 3.63) is 66.6 Å².